The number of hydrogen-bond acceptors (Lipinski definition) is 4. The molecule has 1 aromatic carbocycles. The van der Waals surface area contributed by atoms with Crippen LogP contribution in [0.2, 0.25) is 0 Å². The Kier molecular flexibility index (Phi) is 6.35. The van der Waals surface area contributed by atoms with Gasteiger partial charge in [-0.25, -0.2) is 0 Å². The van der Waals surface area contributed by atoms with E-state index in [2.05, 4.69) is 24.5 Å². The number of rotatable bonds is 8. The molecule has 0 unspecified atom stereocenters. The molecule has 0 aliphatic heterocycles. The van der Waals surface area contributed by atoms with E-state index in [1.807, 2.05) is 24.3 Å². The Hall–Kier alpha value is -2.37. The minimum atomic E-state index is -0.476. The van der Waals surface area contributed by atoms with Crippen molar-refractivity contribution in [3.63, 3.8) is 0 Å². The minimum absolute atomic E-state index is 0.0778. The Morgan fingerprint density at radius 2 is 1.58 bits per heavy atom. The highest BCUT2D eigenvalue weighted by molar-refractivity contribution is 5.92. The van der Waals surface area contributed by atoms with Crippen molar-refractivity contribution < 1.29 is 19.1 Å². The van der Waals surface area contributed by atoms with Crippen LogP contribution in [0.3, 0.4) is 0 Å². The second-order valence-corrected chi connectivity index (χ2v) is 10.2. The highest BCUT2D eigenvalue weighted by Gasteiger charge is 2.54. The van der Waals surface area contributed by atoms with Crippen LogP contribution in [0.5, 0.6) is 0 Å². The van der Waals surface area contributed by atoms with Crippen LogP contribution in [0.25, 0.3) is 0 Å². The Labute approximate surface area is 184 Å². The number of carbonyl (C=O) groups excluding carboxylic acids is 3. The van der Waals surface area contributed by atoms with Gasteiger partial charge >= 0.3 is 5.97 Å². The average molecular weight is 427 g/mol. The second kappa shape index (κ2) is 9.01. The summed E-state index contributed by atoms with van der Waals surface area (Å²) in [6.07, 6.45) is 6.98. The van der Waals surface area contributed by atoms with Gasteiger partial charge in [-0.05, 0) is 79.9 Å². The number of anilines is 1. The highest BCUT2D eigenvalue weighted by atomic mass is 16.5. The first kappa shape index (κ1) is 21.8. The summed E-state index contributed by atoms with van der Waals surface area (Å²) in [5.41, 5.74) is 1.66. The van der Waals surface area contributed by atoms with Gasteiger partial charge in [-0.3, -0.25) is 14.4 Å². The maximum atomic E-state index is 12.9. The summed E-state index contributed by atoms with van der Waals surface area (Å²) in [5.74, 6) is 1.82. The summed E-state index contributed by atoms with van der Waals surface area (Å²) in [6, 6.07) is 7.63. The zero-order valence-electron chi connectivity index (χ0n) is 18.6. The zero-order chi connectivity index (χ0) is 22.0. The van der Waals surface area contributed by atoms with Crippen molar-refractivity contribution in [2.45, 2.75) is 64.7 Å². The third-order valence-corrected chi connectivity index (χ3v) is 7.36. The molecular weight excluding hydrogens is 392 g/mol. The SMILES string of the molecule is CC(C)c1ccc(NC(=O)COC(=O)CCNC(=O)C23CC4CC(CC(C4)C2)C3)cc1. The average Bonchev–Trinajstić information content (AvgIpc) is 2.71. The predicted molar refractivity (Wildman–Crippen MR) is 118 cm³/mol. The molecule has 0 radical (unpaired) electrons. The van der Waals surface area contributed by atoms with Gasteiger partial charge in [0.05, 0.1) is 6.42 Å². The van der Waals surface area contributed by atoms with E-state index in [-0.39, 0.29) is 36.8 Å². The molecule has 4 aliphatic carbocycles. The van der Waals surface area contributed by atoms with E-state index in [9.17, 15) is 14.4 Å². The van der Waals surface area contributed by atoms with E-state index in [4.69, 9.17) is 4.74 Å². The lowest BCUT2D eigenvalue weighted by atomic mass is 9.49. The Morgan fingerprint density at radius 3 is 2.13 bits per heavy atom. The van der Waals surface area contributed by atoms with Gasteiger partial charge in [0.2, 0.25) is 5.91 Å². The number of ether oxygens (including phenoxy) is 1. The second-order valence-electron chi connectivity index (χ2n) is 10.2. The predicted octanol–water partition coefficient (Wildman–Crippen LogP) is 4.01. The van der Waals surface area contributed by atoms with Crippen LogP contribution >= 0.6 is 0 Å². The first-order chi connectivity index (χ1) is 14.8. The van der Waals surface area contributed by atoms with Gasteiger partial charge in [0.15, 0.2) is 6.61 Å². The molecule has 2 N–H and O–H groups in total. The molecule has 4 saturated carbocycles. The van der Waals surface area contributed by atoms with Crippen molar-refractivity contribution in [3.8, 4) is 0 Å². The minimum Gasteiger partial charge on any atom is -0.456 e. The van der Waals surface area contributed by atoms with Gasteiger partial charge in [0.25, 0.3) is 5.91 Å². The summed E-state index contributed by atoms with van der Waals surface area (Å²) in [5, 5.41) is 5.70. The fourth-order valence-corrected chi connectivity index (χ4v) is 6.22. The standard InChI is InChI=1S/C25H34N2O4/c1-16(2)20-3-5-21(6-4-20)27-22(28)15-31-23(29)7-8-26-24(30)25-12-17-9-18(13-25)11-19(10-17)14-25/h3-6,16-19H,7-15H2,1-2H3,(H,26,30)(H,27,28). The molecule has 4 fully saturated rings. The van der Waals surface area contributed by atoms with E-state index >= 15 is 0 Å². The van der Waals surface area contributed by atoms with Gasteiger partial charge in [-0.1, -0.05) is 26.0 Å². The first-order valence-electron chi connectivity index (χ1n) is 11.7. The summed E-state index contributed by atoms with van der Waals surface area (Å²) in [4.78, 5) is 36.9. The largest absolute Gasteiger partial charge is 0.456 e. The third-order valence-electron chi connectivity index (χ3n) is 7.36. The molecular formula is C25H34N2O4. The summed E-state index contributed by atoms with van der Waals surface area (Å²) in [6.45, 7) is 4.16. The molecule has 4 bridgehead atoms. The van der Waals surface area contributed by atoms with Crippen LogP contribution in [-0.4, -0.2) is 30.9 Å². The number of carbonyl (C=O) groups is 3. The van der Waals surface area contributed by atoms with Crippen LogP contribution < -0.4 is 10.6 Å². The van der Waals surface area contributed by atoms with Crippen molar-refractivity contribution in [3.05, 3.63) is 29.8 Å². The lowest BCUT2D eigenvalue weighted by Gasteiger charge is -2.55. The smallest absolute Gasteiger partial charge is 0.308 e. The van der Waals surface area contributed by atoms with Crippen molar-refractivity contribution in [2.75, 3.05) is 18.5 Å². The molecule has 0 spiro atoms. The van der Waals surface area contributed by atoms with E-state index < -0.39 is 5.97 Å². The van der Waals surface area contributed by atoms with Gasteiger partial charge in [-0.2, -0.15) is 0 Å². The van der Waals surface area contributed by atoms with Gasteiger partial charge in [0.1, 0.15) is 0 Å². The molecule has 6 nitrogen and oxygen atoms in total. The van der Waals surface area contributed by atoms with Crippen LogP contribution in [0.1, 0.15) is 70.3 Å². The molecule has 5 rings (SSSR count). The van der Waals surface area contributed by atoms with Crippen LogP contribution in [0, 0.1) is 23.2 Å². The van der Waals surface area contributed by atoms with E-state index in [0.717, 1.165) is 19.3 Å². The lowest BCUT2D eigenvalue weighted by molar-refractivity contribution is -0.148. The molecule has 0 heterocycles. The Balaban J connectivity index is 1.15. The topological polar surface area (TPSA) is 84.5 Å². The number of esters is 1. The normalized spacial score (nSPS) is 28.4. The molecule has 31 heavy (non-hydrogen) atoms. The number of nitrogens with one attached hydrogen (secondary N) is 2. The summed E-state index contributed by atoms with van der Waals surface area (Å²) >= 11 is 0. The maximum absolute atomic E-state index is 12.9. The van der Waals surface area contributed by atoms with E-state index in [0.29, 0.717) is 29.4 Å². The lowest BCUT2D eigenvalue weighted by Crippen LogP contribution is -2.53. The molecule has 6 heteroatoms. The van der Waals surface area contributed by atoms with Crippen molar-refractivity contribution in [1.82, 2.24) is 5.32 Å². The summed E-state index contributed by atoms with van der Waals surface area (Å²) in [7, 11) is 0. The molecule has 4 aliphatic rings. The zero-order valence-corrected chi connectivity index (χ0v) is 18.6. The molecule has 2 amide bonds. The van der Waals surface area contributed by atoms with Gasteiger partial charge < -0.3 is 15.4 Å². The Bertz CT molecular complexity index is 795. The quantitative estimate of drug-likeness (QED) is 0.615. The number of hydrogen-bond donors (Lipinski definition) is 2. The molecule has 0 saturated heterocycles. The molecule has 0 aromatic heterocycles. The molecule has 1 aromatic rings. The van der Waals surface area contributed by atoms with Gasteiger partial charge in [-0.15, -0.1) is 0 Å². The highest BCUT2D eigenvalue weighted by Crippen LogP contribution is 2.60. The number of amides is 2. The van der Waals surface area contributed by atoms with Gasteiger partial charge in [0, 0.05) is 17.6 Å². The monoisotopic (exact) mass is 426 g/mol. The van der Waals surface area contributed by atoms with Crippen LogP contribution in [-0.2, 0) is 19.1 Å². The van der Waals surface area contributed by atoms with Crippen LogP contribution in [0.4, 0.5) is 5.69 Å². The third kappa shape index (κ3) is 5.10. The van der Waals surface area contributed by atoms with Crippen molar-refractivity contribution >= 4 is 23.5 Å². The fraction of sp³-hybridized carbons (Fsp3) is 0.640. The van der Waals surface area contributed by atoms with E-state index in [1.165, 1.54) is 24.8 Å². The molecule has 168 valence electrons. The summed E-state index contributed by atoms with van der Waals surface area (Å²) < 4.78 is 5.07. The maximum Gasteiger partial charge on any atom is 0.308 e. The molecule has 0 atom stereocenters. The van der Waals surface area contributed by atoms with Crippen molar-refractivity contribution in [2.24, 2.45) is 23.2 Å². The van der Waals surface area contributed by atoms with Crippen LogP contribution in [0.15, 0.2) is 24.3 Å². The van der Waals surface area contributed by atoms with E-state index in [1.54, 1.807) is 0 Å². The Morgan fingerprint density at radius 1 is 1.00 bits per heavy atom. The van der Waals surface area contributed by atoms with Crippen molar-refractivity contribution in [1.29, 1.82) is 0 Å². The number of benzene rings is 1. The fourth-order valence-electron chi connectivity index (χ4n) is 6.22. The first-order valence-corrected chi connectivity index (χ1v) is 11.7.